The number of amides is 2. The standard InChI is InChI=1S/C20H14BrNO2/c1-11-9-14(10-12(2)18(11)21)22-19(23)15-7-3-5-13-6-4-8-16(17(13)15)20(22)24/h3-10H,1-2H3. The van der Waals surface area contributed by atoms with Gasteiger partial charge in [-0.1, -0.05) is 40.2 Å². The Hall–Kier alpha value is -2.46. The lowest BCUT2D eigenvalue weighted by atomic mass is 9.93. The van der Waals surface area contributed by atoms with E-state index in [1.807, 2.05) is 50.2 Å². The molecule has 3 nitrogen and oxygen atoms in total. The molecule has 1 aliphatic rings. The fraction of sp³-hybridized carbons (Fsp3) is 0.100. The van der Waals surface area contributed by atoms with Crippen molar-refractivity contribution in [3.63, 3.8) is 0 Å². The van der Waals surface area contributed by atoms with Gasteiger partial charge in [0.15, 0.2) is 0 Å². The summed E-state index contributed by atoms with van der Waals surface area (Å²) >= 11 is 3.53. The molecule has 2 amide bonds. The zero-order chi connectivity index (χ0) is 17.0. The molecule has 0 saturated carbocycles. The third-order valence-corrected chi connectivity index (χ3v) is 5.70. The van der Waals surface area contributed by atoms with Gasteiger partial charge < -0.3 is 0 Å². The lowest BCUT2D eigenvalue weighted by Crippen LogP contribution is -2.40. The highest BCUT2D eigenvalue weighted by Crippen LogP contribution is 2.34. The molecular weight excluding hydrogens is 366 g/mol. The van der Waals surface area contributed by atoms with Gasteiger partial charge in [0, 0.05) is 21.0 Å². The maximum Gasteiger partial charge on any atom is 0.265 e. The number of aryl methyl sites for hydroxylation is 2. The van der Waals surface area contributed by atoms with Crippen LogP contribution in [0.15, 0.2) is 53.0 Å². The quantitative estimate of drug-likeness (QED) is 0.556. The van der Waals surface area contributed by atoms with Crippen molar-refractivity contribution >= 4 is 44.2 Å². The maximum atomic E-state index is 13.0. The molecule has 0 radical (unpaired) electrons. The molecule has 0 aliphatic carbocycles. The van der Waals surface area contributed by atoms with E-state index in [4.69, 9.17) is 0 Å². The fourth-order valence-corrected chi connectivity index (χ4v) is 3.55. The van der Waals surface area contributed by atoms with Crippen molar-refractivity contribution in [2.45, 2.75) is 13.8 Å². The van der Waals surface area contributed by atoms with E-state index in [0.717, 1.165) is 26.4 Å². The van der Waals surface area contributed by atoms with Crippen LogP contribution in [0.4, 0.5) is 5.69 Å². The zero-order valence-corrected chi connectivity index (χ0v) is 14.8. The summed E-state index contributed by atoms with van der Waals surface area (Å²) < 4.78 is 0.991. The Morgan fingerprint density at radius 3 is 1.83 bits per heavy atom. The number of halogens is 1. The summed E-state index contributed by atoms with van der Waals surface area (Å²) in [5.74, 6) is -0.546. The van der Waals surface area contributed by atoms with Gasteiger partial charge in [-0.15, -0.1) is 0 Å². The molecule has 3 aromatic rings. The lowest BCUT2D eigenvalue weighted by Gasteiger charge is -2.28. The van der Waals surface area contributed by atoms with Crippen molar-refractivity contribution in [2.75, 3.05) is 4.90 Å². The van der Waals surface area contributed by atoms with Gasteiger partial charge >= 0.3 is 0 Å². The van der Waals surface area contributed by atoms with Crippen LogP contribution in [0.25, 0.3) is 10.8 Å². The Bertz CT molecular complexity index is 965. The molecule has 1 heterocycles. The molecule has 0 spiro atoms. The van der Waals surface area contributed by atoms with Crippen molar-refractivity contribution < 1.29 is 9.59 Å². The van der Waals surface area contributed by atoms with Crippen molar-refractivity contribution in [1.82, 2.24) is 0 Å². The summed E-state index contributed by atoms with van der Waals surface area (Å²) in [6.45, 7) is 3.91. The Labute approximate surface area is 148 Å². The van der Waals surface area contributed by atoms with E-state index < -0.39 is 0 Å². The largest absolute Gasteiger partial charge is 0.268 e. The summed E-state index contributed by atoms with van der Waals surface area (Å²) in [4.78, 5) is 27.3. The molecule has 0 saturated heterocycles. The monoisotopic (exact) mass is 379 g/mol. The molecule has 118 valence electrons. The highest BCUT2D eigenvalue weighted by atomic mass is 79.9. The lowest BCUT2D eigenvalue weighted by molar-refractivity contribution is 0.0893. The number of anilines is 1. The molecule has 24 heavy (non-hydrogen) atoms. The highest BCUT2D eigenvalue weighted by molar-refractivity contribution is 9.10. The summed E-state index contributed by atoms with van der Waals surface area (Å²) in [7, 11) is 0. The molecule has 0 aromatic heterocycles. The van der Waals surface area contributed by atoms with Gasteiger partial charge in [-0.2, -0.15) is 0 Å². The van der Waals surface area contributed by atoms with E-state index in [-0.39, 0.29) is 11.8 Å². The van der Waals surface area contributed by atoms with E-state index >= 15 is 0 Å². The minimum Gasteiger partial charge on any atom is -0.268 e. The number of carbonyl (C=O) groups is 2. The van der Waals surface area contributed by atoms with Crippen LogP contribution in [0.3, 0.4) is 0 Å². The van der Waals surface area contributed by atoms with Crippen molar-refractivity contribution in [3.05, 3.63) is 75.3 Å². The predicted molar refractivity (Wildman–Crippen MR) is 98.7 cm³/mol. The third kappa shape index (κ3) is 2.03. The van der Waals surface area contributed by atoms with Gasteiger partial charge in [0.05, 0.1) is 5.69 Å². The number of carbonyl (C=O) groups excluding carboxylic acids is 2. The van der Waals surface area contributed by atoms with Crippen LogP contribution in [0.5, 0.6) is 0 Å². The second kappa shape index (κ2) is 5.28. The molecular formula is C20H14BrNO2. The minimum atomic E-state index is -0.273. The SMILES string of the molecule is Cc1cc(N2C(=O)c3cccc4cccc(c34)C2=O)cc(C)c1Br. The smallest absolute Gasteiger partial charge is 0.265 e. The van der Waals surface area contributed by atoms with Crippen LogP contribution in [0, 0.1) is 13.8 Å². The maximum absolute atomic E-state index is 13.0. The first-order valence-corrected chi connectivity index (χ1v) is 8.45. The topological polar surface area (TPSA) is 37.4 Å². The normalized spacial score (nSPS) is 13.7. The number of nitrogens with zero attached hydrogens (tertiary/aromatic N) is 1. The fourth-order valence-electron chi connectivity index (χ4n) is 3.32. The Balaban J connectivity index is 1.98. The van der Waals surface area contributed by atoms with Gasteiger partial charge in [0.2, 0.25) is 0 Å². The number of hydrogen-bond donors (Lipinski definition) is 0. The van der Waals surface area contributed by atoms with Crippen LogP contribution in [-0.4, -0.2) is 11.8 Å². The Morgan fingerprint density at radius 1 is 0.833 bits per heavy atom. The predicted octanol–water partition coefficient (Wildman–Crippen LogP) is 5.02. The molecule has 0 fully saturated rings. The number of rotatable bonds is 1. The summed E-state index contributed by atoms with van der Waals surface area (Å²) in [5, 5.41) is 1.66. The van der Waals surface area contributed by atoms with E-state index in [1.165, 1.54) is 4.90 Å². The van der Waals surface area contributed by atoms with Crippen LogP contribution in [-0.2, 0) is 0 Å². The third-order valence-electron chi connectivity index (χ3n) is 4.45. The van der Waals surface area contributed by atoms with Gasteiger partial charge in [0.1, 0.15) is 0 Å². The second-order valence-electron chi connectivity index (χ2n) is 6.05. The van der Waals surface area contributed by atoms with Gasteiger partial charge in [-0.25, -0.2) is 4.90 Å². The minimum absolute atomic E-state index is 0.273. The van der Waals surface area contributed by atoms with E-state index in [9.17, 15) is 9.59 Å². The van der Waals surface area contributed by atoms with Crippen LogP contribution in [0.1, 0.15) is 31.8 Å². The van der Waals surface area contributed by atoms with Crippen molar-refractivity contribution in [3.8, 4) is 0 Å². The number of imide groups is 1. The Morgan fingerprint density at radius 2 is 1.33 bits per heavy atom. The zero-order valence-electron chi connectivity index (χ0n) is 13.3. The van der Waals surface area contributed by atoms with Crippen molar-refractivity contribution in [2.24, 2.45) is 0 Å². The van der Waals surface area contributed by atoms with Gasteiger partial charge in [-0.3, -0.25) is 9.59 Å². The second-order valence-corrected chi connectivity index (χ2v) is 6.84. The molecule has 0 unspecified atom stereocenters. The van der Waals surface area contributed by atoms with Gasteiger partial charge in [0.25, 0.3) is 11.8 Å². The van der Waals surface area contributed by atoms with E-state index in [1.54, 1.807) is 12.1 Å². The molecule has 3 aromatic carbocycles. The van der Waals surface area contributed by atoms with Crippen molar-refractivity contribution in [1.29, 1.82) is 0 Å². The molecule has 0 atom stereocenters. The molecule has 4 heteroatoms. The summed E-state index contributed by atoms with van der Waals surface area (Å²) in [6.07, 6.45) is 0. The summed E-state index contributed by atoms with van der Waals surface area (Å²) in [6, 6.07) is 14.8. The van der Waals surface area contributed by atoms with E-state index in [2.05, 4.69) is 15.9 Å². The van der Waals surface area contributed by atoms with E-state index in [0.29, 0.717) is 16.8 Å². The number of benzene rings is 3. The first-order valence-electron chi connectivity index (χ1n) is 7.66. The molecule has 0 bridgehead atoms. The van der Waals surface area contributed by atoms with Gasteiger partial charge in [-0.05, 0) is 54.6 Å². The first kappa shape index (κ1) is 15.1. The average Bonchev–Trinajstić information content (AvgIpc) is 2.57. The van der Waals surface area contributed by atoms with Crippen LogP contribution in [0.2, 0.25) is 0 Å². The Kier molecular flexibility index (Phi) is 3.32. The average molecular weight is 380 g/mol. The van der Waals surface area contributed by atoms with Crippen LogP contribution < -0.4 is 4.90 Å². The molecule has 4 rings (SSSR count). The summed E-state index contributed by atoms with van der Waals surface area (Å²) in [5.41, 5.74) is 3.72. The first-order chi connectivity index (χ1) is 11.5. The number of hydrogen-bond acceptors (Lipinski definition) is 2. The highest BCUT2D eigenvalue weighted by Gasteiger charge is 2.34. The van der Waals surface area contributed by atoms with Crippen LogP contribution >= 0.6 is 15.9 Å². The molecule has 1 aliphatic heterocycles. The molecule has 0 N–H and O–H groups in total.